The number of para-hydroxylation sites is 1. The molecule has 0 bridgehead atoms. The Morgan fingerprint density at radius 1 is 0.769 bits per heavy atom. The summed E-state index contributed by atoms with van der Waals surface area (Å²) >= 11 is 0. The van der Waals surface area contributed by atoms with Gasteiger partial charge in [-0.3, -0.25) is 0 Å². The van der Waals surface area contributed by atoms with E-state index >= 15 is 0 Å². The van der Waals surface area contributed by atoms with Crippen LogP contribution in [0.15, 0.2) is 66.7 Å². The Morgan fingerprint density at radius 3 is 2.00 bits per heavy atom. The molecule has 4 aromatic rings. The molecule has 2 N–H and O–H groups in total. The van der Waals surface area contributed by atoms with Crippen molar-refractivity contribution in [2.45, 2.75) is 26.2 Å². The van der Waals surface area contributed by atoms with Gasteiger partial charge in [0.1, 0.15) is 0 Å². The Bertz CT molecular complexity index is 1090. The minimum Gasteiger partial charge on any atom is -0.423 e. The molecule has 1 aromatic heterocycles. The number of benzene rings is 3. The SMILES string of the molecule is CC(C)(C)c1ccc2c3ccc(B(O)O)cc3n(-c3ccccc3)c2c1. The van der Waals surface area contributed by atoms with E-state index in [2.05, 4.69) is 55.7 Å². The van der Waals surface area contributed by atoms with Crippen LogP contribution in [0.5, 0.6) is 0 Å². The van der Waals surface area contributed by atoms with Crippen molar-refractivity contribution >= 4 is 34.4 Å². The summed E-state index contributed by atoms with van der Waals surface area (Å²) in [6.45, 7) is 6.64. The third-order valence-electron chi connectivity index (χ3n) is 4.97. The van der Waals surface area contributed by atoms with E-state index in [4.69, 9.17) is 0 Å². The van der Waals surface area contributed by atoms with E-state index in [-0.39, 0.29) is 5.41 Å². The van der Waals surface area contributed by atoms with Crippen LogP contribution in [0.25, 0.3) is 27.5 Å². The number of fused-ring (bicyclic) bond motifs is 3. The first-order valence-corrected chi connectivity index (χ1v) is 8.86. The molecule has 26 heavy (non-hydrogen) atoms. The standard InChI is InChI=1S/C22H22BNO2/c1-22(2,3)15-9-11-18-19-12-10-16(23(25)26)14-21(19)24(20(18)13-15)17-7-5-4-6-8-17/h4-14,25-26H,1-3H3. The molecule has 0 radical (unpaired) electrons. The zero-order valence-electron chi connectivity index (χ0n) is 15.3. The quantitative estimate of drug-likeness (QED) is 0.545. The maximum Gasteiger partial charge on any atom is 0.488 e. The van der Waals surface area contributed by atoms with Gasteiger partial charge < -0.3 is 14.6 Å². The molecular weight excluding hydrogens is 321 g/mol. The highest BCUT2D eigenvalue weighted by Crippen LogP contribution is 2.34. The van der Waals surface area contributed by atoms with Crippen molar-refractivity contribution in [2.75, 3.05) is 0 Å². The number of rotatable bonds is 2. The van der Waals surface area contributed by atoms with Gasteiger partial charge in [0.2, 0.25) is 0 Å². The van der Waals surface area contributed by atoms with E-state index in [0.29, 0.717) is 5.46 Å². The summed E-state index contributed by atoms with van der Waals surface area (Å²) in [6.07, 6.45) is 0. The molecule has 0 saturated carbocycles. The van der Waals surface area contributed by atoms with Gasteiger partial charge in [-0.1, -0.05) is 63.2 Å². The molecule has 0 unspecified atom stereocenters. The maximum atomic E-state index is 9.62. The highest BCUT2D eigenvalue weighted by molar-refractivity contribution is 6.59. The molecule has 0 saturated heterocycles. The van der Waals surface area contributed by atoms with E-state index in [1.807, 2.05) is 30.3 Å². The molecule has 0 fully saturated rings. The monoisotopic (exact) mass is 343 g/mol. The van der Waals surface area contributed by atoms with Gasteiger partial charge in [0.15, 0.2) is 0 Å². The first-order chi connectivity index (χ1) is 12.4. The Kier molecular flexibility index (Phi) is 3.90. The highest BCUT2D eigenvalue weighted by atomic mass is 16.4. The molecule has 0 aliphatic heterocycles. The molecule has 0 atom stereocenters. The average molecular weight is 343 g/mol. The van der Waals surface area contributed by atoms with Crippen LogP contribution in [0, 0.1) is 0 Å². The lowest BCUT2D eigenvalue weighted by Gasteiger charge is -2.19. The number of nitrogens with zero attached hydrogens (tertiary/aromatic N) is 1. The zero-order valence-corrected chi connectivity index (χ0v) is 15.3. The van der Waals surface area contributed by atoms with Crippen molar-refractivity contribution in [2.24, 2.45) is 0 Å². The van der Waals surface area contributed by atoms with Gasteiger partial charge in [-0.25, -0.2) is 0 Å². The van der Waals surface area contributed by atoms with Gasteiger partial charge in [0.05, 0.1) is 11.0 Å². The van der Waals surface area contributed by atoms with Crippen LogP contribution in [0.2, 0.25) is 0 Å². The van der Waals surface area contributed by atoms with Gasteiger partial charge in [-0.2, -0.15) is 0 Å². The second-order valence-electron chi connectivity index (χ2n) is 7.80. The summed E-state index contributed by atoms with van der Waals surface area (Å²) in [5.74, 6) is 0. The van der Waals surface area contributed by atoms with Gasteiger partial charge in [0.25, 0.3) is 0 Å². The van der Waals surface area contributed by atoms with Crippen LogP contribution in [0.3, 0.4) is 0 Å². The molecular formula is C22H22BNO2. The van der Waals surface area contributed by atoms with Crippen molar-refractivity contribution in [3.8, 4) is 5.69 Å². The summed E-state index contributed by atoms with van der Waals surface area (Å²) in [5, 5.41) is 21.5. The first kappa shape index (κ1) is 16.9. The van der Waals surface area contributed by atoms with Gasteiger partial charge >= 0.3 is 7.12 Å². The first-order valence-electron chi connectivity index (χ1n) is 8.86. The second kappa shape index (κ2) is 6.01. The molecule has 3 aromatic carbocycles. The maximum absolute atomic E-state index is 9.62. The smallest absolute Gasteiger partial charge is 0.423 e. The van der Waals surface area contributed by atoms with Crippen molar-refractivity contribution < 1.29 is 10.0 Å². The van der Waals surface area contributed by atoms with Crippen LogP contribution in [-0.4, -0.2) is 21.7 Å². The lowest BCUT2D eigenvalue weighted by Crippen LogP contribution is -2.29. The summed E-state index contributed by atoms with van der Waals surface area (Å²) in [4.78, 5) is 0. The molecule has 0 spiro atoms. The van der Waals surface area contributed by atoms with Crippen LogP contribution < -0.4 is 5.46 Å². The van der Waals surface area contributed by atoms with E-state index in [1.165, 1.54) is 5.56 Å². The Balaban J connectivity index is 2.14. The van der Waals surface area contributed by atoms with Gasteiger partial charge in [0, 0.05) is 16.5 Å². The normalized spacial score (nSPS) is 12.0. The van der Waals surface area contributed by atoms with Crippen molar-refractivity contribution in [3.63, 3.8) is 0 Å². The predicted octanol–water partition coefficient (Wildman–Crippen LogP) is 3.76. The number of aromatic nitrogens is 1. The minimum absolute atomic E-state index is 0.0542. The predicted molar refractivity (Wildman–Crippen MR) is 109 cm³/mol. The molecule has 0 amide bonds. The van der Waals surface area contributed by atoms with Crippen LogP contribution in [0.4, 0.5) is 0 Å². The van der Waals surface area contributed by atoms with Crippen LogP contribution in [-0.2, 0) is 5.41 Å². The Morgan fingerprint density at radius 2 is 1.38 bits per heavy atom. The second-order valence-corrected chi connectivity index (χ2v) is 7.80. The van der Waals surface area contributed by atoms with Crippen molar-refractivity contribution in [1.82, 2.24) is 4.57 Å². The topological polar surface area (TPSA) is 45.4 Å². The molecule has 4 heteroatoms. The van der Waals surface area contributed by atoms with Crippen LogP contribution >= 0.6 is 0 Å². The summed E-state index contributed by atoms with van der Waals surface area (Å²) in [5.41, 5.74) is 4.98. The Labute approximate surface area is 153 Å². The summed E-state index contributed by atoms with van der Waals surface area (Å²) in [6, 6.07) is 22.4. The van der Waals surface area contributed by atoms with Crippen molar-refractivity contribution in [1.29, 1.82) is 0 Å². The molecule has 4 rings (SSSR count). The van der Waals surface area contributed by atoms with E-state index in [9.17, 15) is 10.0 Å². The average Bonchev–Trinajstić information content (AvgIpc) is 2.94. The van der Waals surface area contributed by atoms with E-state index in [1.54, 1.807) is 6.07 Å². The van der Waals surface area contributed by atoms with E-state index < -0.39 is 7.12 Å². The molecule has 0 aliphatic carbocycles. The summed E-state index contributed by atoms with van der Waals surface area (Å²) in [7, 11) is -1.48. The molecule has 1 heterocycles. The van der Waals surface area contributed by atoms with Crippen molar-refractivity contribution in [3.05, 3.63) is 72.3 Å². The lowest BCUT2D eigenvalue weighted by molar-refractivity contribution is 0.426. The molecule has 130 valence electrons. The van der Waals surface area contributed by atoms with Crippen LogP contribution in [0.1, 0.15) is 26.3 Å². The fraction of sp³-hybridized carbons (Fsp3) is 0.182. The third-order valence-corrected chi connectivity index (χ3v) is 4.97. The summed E-state index contributed by atoms with van der Waals surface area (Å²) < 4.78 is 2.20. The third kappa shape index (κ3) is 2.72. The molecule has 0 aliphatic rings. The molecule has 3 nitrogen and oxygen atoms in total. The van der Waals surface area contributed by atoms with Gasteiger partial charge in [-0.05, 0) is 40.7 Å². The minimum atomic E-state index is -1.48. The number of hydrogen-bond acceptors (Lipinski definition) is 2. The Hall–Kier alpha value is -2.56. The van der Waals surface area contributed by atoms with Gasteiger partial charge in [-0.15, -0.1) is 0 Å². The lowest BCUT2D eigenvalue weighted by atomic mass is 9.80. The fourth-order valence-electron chi connectivity index (χ4n) is 3.52. The fourth-order valence-corrected chi connectivity index (χ4v) is 3.52. The largest absolute Gasteiger partial charge is 0.488 e. The highest BCUT2D eigenvalue weighted by Gasteiger charge is 2.19. The van der Waals surface area contributed by atoms with E-state index in [0.717, 1.165) is 27.5 Å². The number of hydrogen-bond donors (Lipinski definition) is 2. The zero-order chi connectivity index (χ0) is 18.5.